The Balaban J connectivity index is 1.55. The van der Waals surface area contributed by atoms with Crippen LogP contribution in [0.4, 0.5) is 5.82 Å². The Labute approximate surface area is 147 Å². The Kier molecular flexibility index (Phi) is 5.33. The Morgan fingerprint density at radius 2 is 2.12 bits per heavy atom. The number of anilines is 1. The van der Waals surface area contributed by atoms with Crippen LogP contribution in [0.25, 0.3) is 0 Å². The molecule has 7 nitrogen and oxygen atoms in total. The van der Waals surface area contributed by atoms with Crippen molar-refractivity contribution in [2.45, 2.75) is 25.9 Å². The minimum absolute atomic E-state index is 0.129. The number of aliphatic hydroxyl groups excluding tert-OH is 1. The van der Waals surface area contributed by atoms with Crippen molar-refractivity contribution in [2.24, 2.45) is 13.0 Å². The van der Waals surface area contributed by atoms with Crippen molar-refractivity contribution in [3.8, 4) is 0 Å². The lowest BCUT2D eigenvalue weighted by atomic mass is 9.99. The molecule has 2 N–H and O–H groups in total. The van der Waals surface area contributed by atoms with Gasteiger partial charge < -0.3 is 15.3 Å². The van der Waals surface area contributed by atoms with Crippen molar-refractivity contribution in [1.29, 1.82) is 0 Å². The fourth-order valence-electron chi connectivity index (χ4n) is 3.05. The fourth-order valence-corrected chi connectivity index (χ4v) is 3.05. The van der Waals surface area contributed by atoms with E-state index in [4.69, 9.17) is 0 Å². The Morgan fingerprint density at radius 1 is 1.36 bits per heavy atom. The van der Waals surface area contributed by atoms with Gasteiger partial charge in [-0.25, -0.2) is 4.98 Å². The average molecular weight is 343 g/mol. The second-order valence-electron chi connectivity index (χ2n) is 6.68. The minimum Gasteiger partial charge on any atom is -0.385 e. The van der Waals surface area contributed by atoms with Gasteiger partial charge in [0.15, 0.2) is 0 Å². The maximum atomic E-state index is 12.2. The summed E-state index contributed by atoms with van der Waals surface area (Å²) in [6.07, 6.45) is 4.77. The molecule has 0 aliphatic carbocycles. The molecule has 0 aromatic carbocycles. The summed E-state index contributed by atoms with van der Waals surface area (Å²) in [7, 11) is 1.75. The van der Waals surface area contributed by atoms with Crippen LogP contribution in [0, 0.1) is 5.92 Å². The smallest absolute Gasteiger partial charge is 0.252 e. The molecule has 3 heterocycles. The highest BCUT2D eigenvalue weighted by molar-refractivity contribution is 5.94. The molecule has 1 fully saturated rings. The van der Waals surface area contributed by atoms with Crippen LogP contribution in [0.15, 0.2) is 30.6 Å². The van der Waals surface area contributed by atoms with Gasteiger partial charge in [0.05, 0.1) is 11.3 Å². The van der Waals surface area contributed by atoms with Gasteiger partial charge in [-0.3, -0.25) is 9.48 Å². The number of aryl methyl sites for hydroxylation is 1. The van der Waals surface area contributed by atoms with Gasteiger partial charge in [-0.2, -0.15) is 5.10 Å². The van der Waals surface area contributed by atoms with E-state index in [-0.39, 0.29) is 12.5 Å². The van der Waals surface area contributed by atoms with Crippen LogP contribution < -0.4 is 10.2 Å². The van der Waals surface area contributed by atoms with E-state index in [1.807, 2.05) is 6.07 Å². The van der Waals surface area contributed by atoms with Crippen molar-refractivity contribution in [1.82, 2.24) is 20.1 Å². The number of hydrogen-bond acceptors (Lipinski definition) is 5. The second kappa shape index (κ2) is 7.65. The largest absolute Gasteiger partial charge is 0.385 e. The van der Waals surface area contributed by atoms with E-state index in [0.717, 1.165) is 24.8 Å². The zero-order chi connectivity index (χ0) is 17.8. The highest BCUT2D eigenvalue weighted by Crippen LogP contribution is 2.21. The first-order valence-electron chi connectivity index (χ1n) is 8.69. The Hall–Kier alpha value is -2.41. The molecule has 2 aromatic heterocycles. The van der Waals surface area contributed by atoms with Crippen molar-refractivity contribution < 1.29 is 9.90 Å². The number of aromatic nitrogens is 3. The van der Waals surface area contributed by atoms with Crippen LogP contribution in [-0.2, 0) is 7.05 Å². The number of pyridine rings is 1. The summed E-state index contributed by atoms with van der Waals surface area (Å²) in [4.78, 5) is 18.9. The molecular weight excluding hydrogens is 318 g/mol. The number of rotatable bonds is 5. The normalized spacial score (nSPS) is 16.7. The maximum Gasteiger partial charge on any atom is 0.252 e. The highest BCUT2D eigenvalue weighted by Gasteiger charge is 2.18. The van der Waals surface area contributed by atoms with Gasteiger partial charge in [0.1, 0.15) is 11.9 Å². The molecule has 0 spiro atoms. The number of carbonyl (C=O) groups excluding carboxylic acids is 1. The van der Waals surface area contributed by atoms with Crippen molar-refractivity contribution in [3.63, 3.8) is 0 Å². The third-order valence-corrected chi connectivity index (χ3v) is 4.77. The average Bonchev–Trinajstić information content (AvgIpc) is 3.06. The van der Waals surface area contributed by atoms with E-state index in [9.17, 15) is 9.90 Å². The fraction of sp³-hybridized carbons (Fsp3) is 0.500. The monoisotopic (exact) mass is 343 g/mol. The number of nitrogens with one attached hydrogen (secondary N) is 1. The quantitative estimate of drug-likeness (QED) is 0.860. The van der Waals surface area contributed by atoms with Crippen LogP contribution in [0.3, 0.4) is 0 Å². The SMILES string of the molecule is CC1CCN(c2ccc(C(=O)NCC(O)c3ccnn3C)cn2)CC1. The molecule has 25 heavy (non-hydrogen) atoms. The van der Waals surface area contributed by atoms with Gasteiger partial charge in [0.25, 0.3) is 5.91 Å². The first-order chi connectivity index (χ1) is 12.0. The Morgan fingerprint density at radius 3 is 2.72 bits per heavy atom. The highest BCUT2D eigenvalue weighted by atomic mass is 16.3. The van der Waals surface area contributed by atoms with E-state index in [2.05, 4.69) is 27.2 Å². The molecule has 0 saturated carbocycles. The van der Waals surface area contributed by atoms with Gasteiger partial charge in [0, 0.05) is 39.1 Å². The van der Waals surface area contributed by atoms with E-state index >= 15 is 0 Å². The first kappa shape index (κ1) is 17.4. The third kappa shape index (κ3) is 4.17. The van der Waals surface area contributed by atoms with E-state index in [0.29, 0.717) is 11.3 Å². The molecule has 0 radical (unpaired) electrons. The summed E-state index contributed by atoms with van der Waals surface area (Å²) in [5.74, 6) is 1.44. The van der Waals surface area contributed by atoms with Gasteiger partial charge >= 0.3 is 0 Å². The van der Waals surface area contributed by atoms with Crippen LogP contribution in [0.5, 0.6) is 0 Å². The summed E-state index contributed by atoms with van der Waals surface area (Å²) >= 11 is 0. The van der Waals surface area contributed by atoms with Gasteiger partial charge in [-0.05, 0) is 37.0 Å². The number of piperidine rings is 1. The van der Waals surface area contributed by atoms with Crippen molar-refractivity contribution in [3.05, 3.63) is 41.9 Å². The number of nitrogens with zero attached hydrogens (tertiary/aromatic N) is 4. The van der Waals surface area contributed by atoms with Crippen LogP contribution in [0.1, 0.15) is 41.9 Å². The van der Waals surface area contributed by atoms with Gasteiger partial charge in [0.2, 0.25) is 0 Å². The maximum absolute atomic E-state index is 12.2. The van der Waals surface area contributed by atoms with Crippen LogP contribution in [-0.4, -0.2) is 45.4 Å². The molecule has 3 rings (SSSR count). The summed E-state index contributed by atoms with van der Waals surface area (Å²) in [6.45, 7) is 4.43. The standard InChI is InChI=1S/C18H25N5O2/c1-13-6-9-23(10-7-13)17-4-3-14(11-19-17)18(25)20-12-16(24)15-5-8-21-22(15)2/h3-5,8,11,13,16,24H,6-7,9-10,12H2,1-2H3,(H,20,25). The molecule has 134 valence electrons. The van der Waals surface area contributed by atoms with Crippen LogP contribution in [0.2, 0.25) is 0 Å². The molecule has 7 heteroatoms. The molecular formula is C18H25N5O2. The van der Waals surface area contributed by atoms with E-state index in [1.165, 1.54) is 12.8 Å². The Bertz CT molecular complexity index is 705. The molecule has 1 aliphatic rings. The van der Waals surface area contributed by atoms with Crippen molar-refractivity contribution >= 4 is 11.7 Å². The minimum atomic E-state index is -0.793. The molecule has 1 saturated heterocycles. The molecule has 0 bridgehead atoms. The molecule has 1 aliphatic heterocycles. The lowest BCUT2D eigenvalue weighted by Gasteiger charge is -2.31. The summed E-state index contributed by atoms with van der Waals surface area (Å²) in [6, 6.07) is 5.40. The zero-order valence-electron chi connectivity index (χ0n) is 14.7. The van der Waals surface area contributed by atoms with E-state index < -0.39 is 6.10 Å². The second-order valence-corrected chi connectivity index (χ2v) is 6.68. The summed E-state index contributed by atoms with van der Waals surface area (Å²) < 4.78 is 1.59. The zero-order valence-corrected chi connectivity index (χ0v) is 14.7. The first-order valence-corrected chi connectivity index (χ1v) is 8.69. The van der Waals surface area contributed by atoms with Crippen LogP contribution >= 0.6 is 0 Å². The molecule has 1 atom stereocenters. The molecule has 2 aromatic rings. The summed E-state index contributed by atoms with van der Waals surface area (Å²) in [5.41, 5.74) is 1.15. The van der Waals surface area contributed by atoms with Crippen molar-refractivity contribution in [2.75, 3.05) is 24.5 Å². The molecule has 1 unspecified atom stereocenters. The lowest BCUT2D eigenvalue weighted by molar-refractivity contribution is 0.0911. The van der Waals surface area contributed by atoms with E-state index in [1.54, 1.807) is 36.3 Å². The number of hydrogen-bond donors (Lipinski definition) is 2. The topological polar surface area (TPSA) is 83.3 Å². The van der Waals surface area contributed by atoms with Gasteiger partial charge in [-0.1, -0.05) is 6.92 Å². The predicted molar refractivity (Wildman–Crippen MR) is 95.3 cm³/mol. The summed E-state index contributed by atoms with van der Waals surface area (Å²) in [5, 5.41) is 16.9. The third-order valence-electron chi connectivity index (χ3n) is 4.77. The number of aliphatic hydroxyl groups is 1. The lowest BCUT2D eigenvalue weighted by Crippen LogP contribution is -2.33. The van der Waals surface area contributed by atoms with Gasteiger partial charge in [-0.15, -0.1) is 0 Å². The number of carbonyl (C=O) groups is 1. The molecule has 1 amide bonds. The predicted octanol–water partition coefficient (Wildman–Crippen LogP) is 1.51. The number of amides is 1.